The number of fused-ring (bicyclic) bond motifs is 1. The third-order valence-electron chi connectivity index (χ3n) is 2.16. The molecule has 1 aromatic carbocycles. The highest BCUT2D eigenvalue weighted by Crippen LogP contribution is 2.14. The lowest BCUT2D eigenvalue weighted by atomic mass is 10.1. The van der Waals surface area contributed by atoms with Gasteiger partial charge in [0, 0.05) is 17.1 Å². The lowest BCUT2D eigenvalue weighted by Gasteiger charge is -2.02. The zero-order chi connectivity index (χ0) is 9.10. The predicted octanol–water partition coefficient (Wildman–Crippen LogP) is 0.928. The van der Waals surface area contributed by atoms with Crippen LogP contribution in [0.5, 0.6) is 0 Å². The third-order valence-corrected chi connectivity index (χ3v) is 2.16. The molecular weight excluding hydrogens is 160 g/mol. The third kappa shape index (κ3) is 1.53. The molecule has 2 heteroatoms. The second-order valence-electron chi connectivity index (χ2n) is 3.10. The second kappa shape index (κ2) is 3.54. The zero-order valence-corrected chi connectivity index (χ0v) is 7.70. The van der Waals surface area contributed by atoms with Gasteiger partial charge in [-0.05, 0) is 12.1 Å². The van der Waals surface area contributed by atoms with Crippen molar-refractivity contribution in [3.05, 3.63) is 42.1 Å². The molecule has 0 saturated heterocycles. The summed E-state index contributed by atoms with van der Waals surface area (Å²) in [7, 11) is 2.08. The lowest BCUT2D eigenvalue weighted by Crippen LogP contribution is -2.77. The first-order valence-corrected chi connectivity index (χ1v) is 4.52. The van der Waals surface area contributed by atoms with Crippen LogP contribution >= 0.6 is 0 Å². The Bertz CT molecular complexity index is 404. The maximum absolute atomic E-state index is 4.31. The molecule has 2 rings (SSSR count). The molecule has 2 aromatic rings. The SMILES string of the molecule is C[NH2+]Cc1cccc2ncccc12. The van der Waals surface area contributed by atoms with E-state index in [1.165, 1.54) is 10.9 Å². The van der Waals surface area contributed by atoms with Gasteiger partial charge in [-0.3, -0.25) is 4.98 Å². The number of benzene rings is 1. The van der Waals surface area contributed by atoms with Crippen LogP contribution in [0.3, 0.4) is 0 Å². The van der Waals surface area contributed by atoms with E-state index >= 15 is 0 Å². The van der Waals surface area contributed by atoms with Crippen molar-refractivity contribution >= 4 is 10.9 Å². The molecular formula is C11H13N2+. The summed E-state index contributed by atoms with van der Waals surface area (Å²) in [6, 6.07) is 10.4. The van der Waals surface area contributed by atoms with Crippen LogP contribution in [-0.4, -0.2) is 12.0 Å². The van der Waals surface area contributed by atoms with Crippen LogP contribution in [0.15, 0.2) is 36.5 Å². The fourth-order valence-corrected chi connectivity index (χ4v) is 1.56. The number of hydrogen-bond donors (Lipinski definition) is 1. The highest BCUT2D eigenvalue weighted by Gasteiger charge is 2.00. The van der Waals surface area contributed by atoms with Gasteiger partial charge < -0.3 is 5.32 Å². The topological polar surface area (TPSA) is 29.5 Å². The molecule has 0 atom stereocenters. The number of nitrogens with two attached hydrogens (primary N) is 1. The lowest BCUT2D eigenvalue weighted by molar-refractivity contribution is -0.643. The average molecular weight is 173 g/mol. The molecule has 0 bridgehead atoms. The van der Waals surface area contributed by atoms with Crippen LogP contribution in [0.2, 0.25) is 0 Å². The maximum atomic E-state index is 4.31. The van der Waals surface area contributed by atoms with Crippen molar-refractivity contribution in [2.75, 3.05) is 7.05 Å². The number of aromatic nitrogens is 1. The van der Waals surface area contributed by atoms with Gasteiger partial charge in [0.25, 0.3) is 0 Å². The van der Waals surface area contributed by atoms with Crippen LogP contribution in [0.25, 0.3) is 10.9 Å². The zero-order valence-electron chi connectivity index (χ0n) is 7.70. The fourth-order valence-electron chi connectivity index (χ4n) is 1.56. The first-order valence-electron chi connectivity index (χ1n) is 4.52. The van der Waals surface area contributed by atoms with E-state index in [-0.39, 0.29) is 0 Å². The summed E-state index contributed by atoms with van der Waals surface area (Å²) < 4.78 is 0. The number of nitrogens with zero attached hydrogens (tertiary/aromatic N) is 1. The van der Waals surface area contributed by atoms with Crippen molar-refractivity contribution in [3.63, 3.8) is 0 Å². The fraction of sp³-hybridized carbons (Fsp3) is 0.182. The van der Waals surface area contributed by atoms with E-state index < -0.39 is 0 Å². The Morgan fingerprint density at radius 2 is 2.15 bits per heavy atom. The Kier molecular flexibility index (Phi) is 2.23. The highest BCUT2D eigenvalue weighted by molar-refractivity contribution is 5.81. The molecule has 1 aromatic heterocycles. The average Bonchev–Trinajstić information content (AvgIpc) is 2.19. The van der Waals surface area contributed by atoms with Crippen molar-refractivity contribution in [1.82, 2.24) is 4.98 Å². The highest BCUT2D eigenvalue weighted by atomic mass is 14.8. The number of quaternary nitrogens is 1. The molecule has 0 radical (unpaired) electrons. The van der Waals surface area contributed by atoms with Crippen LogP contribution < -0.4 is 5.32 Å². The maximum Gasteiger partial charge on any atom is 0.102 e. The molecule has 2 nitrogen and oxygen atoms in total. The van der Waals surface area contributed by atoms with E-state index in [2.05, 4.69) is 41.6 Å². The minimum Gasteiger partial charge on any atom is -0.345 e. The van der Waals surface area contributed by atoms with Crippen molar-refractivity contribution in [3.8, 4) is 0 Å². The van der Waals surface area contributed by atoms with Gasteiger partial charge in [0.05, 0.1) is 12.6 Å². The van der Waals surface area contributed by atoms with Crippen LogP contribution in [0, 0.1) is 0 Å². The van der Waals surface area contributed by atoms with Gasteiger partial charge in [-0.25, -0.2) is 0 Å². The molecule has 13 heavy (non-hydrogen) atoms. The van der Waals surface area contributed by atoms with E-state index in [0.717, 1.165) is 12.1 Å². The number of rotatable bonds is 2. The Hall–Kier alpha value is -1.41. The molecule has 0 unspecified atom stereocenters. The summed E-state index contributed by atoms with van der Waals surface area (Å²) in [5.41, 5.74) is 2.44. The number of pyridine rings is 1. The molecule has 0 amide bonds. The van der Waals surface area contributed by atoms with Crippen molar-refractivity contribution in [2.45, 2.75) is 6.54 Å². The Labute approximate surface area is 77.6 Å². The largest absolute Gasteiger partial charge is 0.345 e. The predicted molar refractivity (Wildman–Crippen MR) is 53.3 cm³/mol. The normalized spacial score (nSPS) is 10.5. The molecule has 0 aliphatic carbocycles. The molecule has 0 aliphatic heterocycles. The van der Waals surface area contributed by atoms with Crippen LogP contribution in [0.1, 0.15) is 5.56 Å². The first-order chi connectivity index (χ1) is 6.42. The van der Waals surface area contributed by atoms with E-state index in [1.54, 1.807) is 0 Å². The summed E-state index contributed by atoms with van der Waals surface area (Å²) in [5.74, 6) is 0. The molecule has 66 valence electrons. The summed E-state index contributed by atoms with van der Waals surface area (Å²) in [6.07, 6.45) is 1.84. The van der Waals surface area contributed by atoms with Crippen LogP contribution in [-0.2, 0) is 6.54 Å². The standard InChI is InChI=1S/C11H12N2/c1-12-8-9-4-2-6-11-10(9)5-3-7-13-11/h2-7,12H,8H2,1H3/p+1. The Morgan fingerprint density at radius 3 is 3.00 bits per heavy atom. The van der Waals surface area contributed by atoms with E-state index in [0.29, 0.717) is 0 Å². The quantitative estimate of drug-likeness (QED) is 0.719. The van der Waals surface area contributed by atoms with Gasteiger partial charge >= 0.3 is 0 Å². The van der Waals surface area contributed by atoms with Gasteiger partial charge in [-0.1, -0.05) is 18.2 Å². The minimum absolute atomic E-state index is 1.02. The smallest absolute Gasteiger partial charge is 0.102 e. The van der Waals surface area contributed by atoms with Gasteiger partial charge in [-0.15, -0.1) is 0 Å². The van der Waals surface area contributed by atoms with Crippen molar-refractivity contribution < 1.29 is 5.32 Å². The monoisotopic (exact) mass is 173 g/mol. The van der Waals surface area contributed by atoms with Crippen molar-refractivity contribution in [1.29, 1.82) is 0 Å². The Morgan fingerprint density at radius 1 is 1.23 bits per heavy atom. The molecule has 1 heterocycles. The summed E-state index contributed by atoms with van der Waals surface area (Å²) >= 11 is 0. The van der Waals surface area contributed by atoms with Crippen LogP contribution in [0.4, 0.5) is 0 Å². The minimum atomic E-state index is 1.02. The number of hydrogen-bond acceptors (Lipinski definition) is 1. The molecule has 0 saturated carbocycles. The summed E-state index contributed by atoms with van der Waals surface area (Å²) in [4.78, 5) is 4.31. The van der Waals surface area contributed by atoms with E-state index in [1.807, 2.05) is 12.3 Å². The molecule has 0 fully saturated rings. The van der Waals surface area contributed by atoms with Gasteiger partial charge in [0.15, 0.2) is 0 Å². The van der Waals surface area contributed by atoms with Gasteiger partial charge in [0.2, 0.25) is 0 Å². The second-order valence-corrected chi connectivity index (χ2v) is 3.10. The van der Waals surface area contributed by atoms with Crippen molar-refractivity contribution in [2.24, 2.45) is 0 Å². The van der Waals surface area contributed by atoms with E-state index in [4.69, 9.17) is 0 Å². The summed E-state index contributed by atoms with van der Waals surface area (Å²) in [5, 5.41) is 3.44. The molecule has 2 N–H and O–H groups in total. The van der Waals surface area contributed by atoms with Gasteiger partial charge in [0.1, 0.15) is 6.54 Å². The van der Waals surface area contributed by atoms with E-state index in [9.17, 15) is 0 Å². The summed E-state index contributed by atoms with van der Waals surface area (Å²) in [6.45, 7) is 1.02. The van der Waals surface area contributed by atoms with Gasteiger partial charge in [-0.2, -0.15) is 0 Å². The molecule has 0 aliphatic rings. The Balaban J connectivity index is 2.61. The first kappa shape index (κ1) is 8.20. The molecule has 0 spiro atoms.